The van der Waals surface area contributed by atoms with Crippen molar-refractivity contribution >= 4 is 21.8 Å². The van der Waals surface area contributed by atoms with E-state index in [1.807, 2.05) is 0 Å². The number of rotatable bonds is 6. The van der Waals surface area contributed by atoms with Gasteiger partial charge in [0, 0.05) is 52.9 Å². The quantitative estimate of drug-likeness (QED) is 0.623. The molecule has 0 unspecified atom stereocenters. The van der Waals surface area contributed by atoms with Gasteiger partial charge in [-0.2, -0.15) is 4.31 Å². The monoisotopic (exact) mass is 374 g/mol. The van der Waals surface area contributed by atoms with Gasteiger partial charge < -0.3 is 15.1 Å². The number of nitrogens with zero attached hydrogens (tertiary/aromatic N) is 3. The van der Waals surface area contributed by atoms with Crippen LogP contribution in [0.3, 0.4) is 0 Å². The number of amides is 2. The molecule has 2 aliphatic heterocycles. The minimum Gasteiger partial charge on any atom is -0.338 e. The summed E-state index contributed by atoms with van der Waals surface area (Å²) in [4.78, 5) is 27.2. The summed E-state index contributed by atoms with van der Waals surface area (Å²) < 4.78 is 26.5. The van der Waals surface area contributed by atoms with Crippen molar-refractivity contribution in [3.05, 3.63) is 0 Å². The summed E-state index contributed by atoms with van der Waals surface area (Å²) in [6, 6.07) is 0. The van der Waals surface area contributed by atoms with E-state index in [0.717, 1.165) is 12.8 Å². The Hall–Kier alpha value is -1.19. The van der Waals surface area contributed by atoms with E-state index in [1.165, 1.54) is 14.1 Å². The third-order valence-electron chi connectivity index (χ3n) is 4.80. The summed E-state index contributed by atoms with van der Waals surface area (Å²) in [5, 5.41) is 2.53. The van der Waals surface area contributed by atoms with Gasteiger partial charge in [0.1, 0.15) is 5.25 Å². The molecule has 0 aromatic carbocycles. The normalized spacial score (nSPS) is 19.8. The van der Waals surface area contributed by atoms with E-state index in [0.29, 0.717) is 38.6 Å². The SMILES string of the molecule is CC(C)CCCN(C)C(=O)C(=O)N1CC(S(=O)(=O)N2CCNCC2)C1. The lowest BCUT2D eigenvalue weighted by molar-refractivity contribution is -0.153. The summed E-state index contributed by atoms with van der Waals surface area (Å²) in [6.07, 6.45) is 1.85. The first-order chi connectivity index (χ1) is 11.7. The standard InChI is InChI=1S/C16H30N4O4S/c1-13(2)5-4-8-18(3)15(21)16(22)19-11-14(12-19)25(23,24)20-9-6-17-7-10-20/h13-14,17H,4-12H2,1-3H3. The van der Waals surface area contributed by atoms with Crippen LogP contribution in [0.5, 0.6) is 0 Å². The Bertz CT molecular complexity index is 581. The van der Waals surface area contributed by atoms with Crippen LogP contribution in [0.4, 0.5) is 0 Å². The third-order valence-corrected chi connectivity index (χ3v) is 7.02. The van der Waals surface area contributed by atoms with Crippen molar-refractivity contribution in [3.63, 3.8) is 0 Å². The number of sulfonamides is 1. The summed E-state index contributed by atoms with van der Waals surface area (Å²) in [6.45, 7) is 7.21. The Labute approximate surface area is 150 Å². The topological polar surface area (TPSA) is 90.0 Å². The van der Waals surface area contributed by atoms with Crippen LogP contribution in [0.15, 0.2) is 0 Å². The van der Waals surface area contributed by atoms with E-state index in [4.69, 9.17) is 0 Å². The van der Waals surface area contributed by atoms with Gasteiger partial charge in [-0.25, -0.2) is 8.42 Å². The van der Waals surface area contributed by atoms with Crippen LogP contribution in [-0.4, -0.2) is 92.4 Å². The van der Waals surface area contributed by atoms with Gasteiger partial charge in [0.05, 0.1) is 0 Å². The van der Waals surface area contributed by atoms with Crippen LogP contribution in [0.25, 0.3) is 0 Å². The van der Waals surface area contributed by atoms with Crippen molar-refractivity contribution in [1.82, 2.24) is 19.4 Å². The third kappa shape index (κ3) is 4.92. The number of piperazine rings is 1. The molecule has 0 radical (unpaired) electrons. The molecular formula is C16H30N4O4S. The summed E-state index contributed by atoms with van der Waals surface area (Å²) in [5.74, 6) is -0.592. The zero-order valence-corrected chi connectivity index (χ0v) is 16.2. The molecule has 2 rings (SSSR count). The molecule has 0 atom stereocenters. The Balaban J connectivity index is 1.80. The second-order valence-electron chi connectivity index (χ2n) is 7.29. The predicted octanol–water partition coefficient (Wildman–Crippen LogP) is -0.673. The van der Waals surface area contributed by atoms with Gasteiger partial charge in [0.2, 0.25) is 10.0 Å². The number of hydrogen-bond donors (Lipinski definition) is 1. The fraction of sp³-hybridized carbons (Fsp3) is 0.875. The first kappa shape index (κ1) is 20.1. The van der Waals surface area contributed by atoms with E-state index in [-0.39, 0.29) is 13.1 Å². The lowest BCUT2D eigenvalue weighted by Gasteiger charge is -2.41. The Kier molecular flexibility index (Phi) is 6.81. The minimum absolute atomic E-state index is 0.108. The fourth-order valence-corrected chi connectivity index (χ4v) is 4.89. The van der Waals surface area contributed by atoms with Crippen LogP contribution in [0, 0.1) is 5.92 Å². The molecule has 0 spiro atoms. The minimum atomic E-state index is -3.39. The second-order valence-corrected chi connectivity index (χ2v) is 9.50. The molecule has 8 nitrogen and oxygen atoms in total. The van der Waals surface area contributed by atoms with E-state index < -0.39 is 27.1 Å². The molecule has 2 amide bonds. The number of likely N-dealkylation sites (tertiary alicyclic amines) is 1. The molecule has 2 aliphatic rings. The van der Waals surface area contributed by atoms with Gasteiger partial charge in [0.15, 0.2) is 0 Å². The zero-order valence-electron chi connectivity index (χ0n) is 15.4. The highest BCUT2D eigenvalue weighted by Crippen LogP contribution is 2.21. The maximum Gasteiger partial charge on any atom is 0.312 e. The summed E-state index contributed by atoms with van der Waals surface area (Å²) in [5.41, 5.74) is 0. The molecule has 0 aliphatic carbocycles. The van der Waals surface area contributed by atoms with Crippen LogP contribution >= 0.6 is 0 Å². The van der Waals surface area contributed by atoms with Crippen LogP contribution in [0.1, 0.15) is 26.7 Å². The maximum absolute atomic E-state index is 12.5. The van der Waals surface area contributed by atoms with E-state index in [9.17, 15) is 18.0 Å². The highest BCUT2D eigenvalue weighted by Gasteiger charge is 2.44. The number of carbonyl (C=O) groups is 2. The number of hydrogen-bond acceptors (Lipinski definition) is 5. The van der Waals surface area contributed by atoms with E-state index >= 15 is 0 Å². The van der Waals surface area contributed by atoms with Crippen LogP contribution in [-0.2, 0) is 19.6 Å². The van der Waals surface area contributed by atoms with Crippen molar-refractivity contribution in [1.29, 1.82) is 0 Å². The van der Waals surface area contributed by atoms with Gasteiger partial charge >= 0.3 is 11.8 Å². The first-order valence-electron chi connectivity index (χ1n) is 8.97. The van der Waals surface area contributed by atoms with Gasteiger partial charge in [-0.3, -0.25) is 9.59 Å². The number of carbonyl (C=O) groups excluding carboxylic acids is 2. The number of likely N-dealkylation sites (N-methyl/N-ethyl adjacent to an activating group) is 1. The first-order valence-corrected chi connectivity index (χ1v) is 10.5. The second kappa shape index (κ2) is 8.46. The van der Waals surface area contributed by atoms with Crippen LogP contribution < -0.4 is 5.32 Å². The average molecular weight is 375 g/mol. The van der Waals surface area contributed by atoms with Crippen molar-refractivity contribution in [2.75, 3.05) is 52.9 Å². The number of nitrogens with one attached hydrogen (secondary N) is 1. The largest absolute Gasteiger partial charge is 0.338 e. The molecule has 144 valence electrons. The van der Waals surface area contributed by atoms with Crippen molar-refractivity contribution < 1.29 is 18.0 Å². The molecule has 0 aromatic rings. The molecule has 2 heterocycles. The molecule has 0 aromatic heterocycles. The van der Waals surface area contributed by atoms with Gasteiger partial charge in [-0.1, -0.05) is 13.8 Å². The lowest BCUT2D eigenvalue weighted by Crippen LogP contribution is -2.63. The van der Waals surface area contributed by atoms with E-state index in [1.54, 1.807) is 7.05 Å². The lowest BCUT2D eigenvalue weighted by atomic mass is 10.1. The van der Waals surface area contributed by atoms with Crippen LogP contribution in [0.2, 0.25) is 0 Å². The Morgan fingerprint density at radius 3 is 2.36 bits per heavy atom. The van der Waals surface area contributed by atoms with Gasteiger partial charge in [0.25, 0.3) is 0 Å². The summed E-state index contributed by atoms with van der Waals surface area (Å²) >= 11 is 0. The molecule has 0 saturated carbocycles. The van der Waals surface area contributed by atoms with Crippen molar-refractivity contribution in [3.8, 4) is 0 Å². The highest BCUT2D eigenvalue weighted by molar-refractivity contribution is 7.89. The molecule has 9 heteroatoms. The van der Waals surface area contributed by atoms with Crippen molar-refractivity contribution in [2.45, 2.75) is 31.9 Å². The molecule has 0 bridgehead atoms. The summed E-state index contributed by atoms with van der Waals surface area (Å²) in [7, 11) is -1.77. The predicted molar refractivity (Wildman–Crippen MR) is 95.4 cm³/mol. The molecular weight excluding hydrogens is 344 g/mol. The molecule has 2 fully saturated rings. The Morgan fingerprint density at radius 2 is 1.80 bits per heavy atom. The van der Waals surface area contributed by atoms with Gasteiger partial charge in [-0.15, -0.1) is 0 Å². The van der Waals surface area contributed by atoms with Gasteiger partial charge in [-0.05, 0) is 18.8 Å². The van der Waals surface area contributed by atoms with Crippen molar-refractivity contribution in [2.24, 2.45) is 5.92 Å². The molecule has 1 N–H and O–H groups in total. The fourth-order valence-electron chi connectivity index (χ4n) is 3.04. The highest BCUT2D eigenvalue weighted by atomic mass is 32.2. The molecule has 2 saturated heterocycles. The average Bonchev–Trinajstić information content (AvgIpc) is 2.52. The maximum atomic E-state index is 12.5. The zero-order chi connectivity index (χ0) is 18.6. The smallest absolute Gasteiger partial charge is 0.312 e. The Morgan fingerprint density at radius 1 is 1.20 bits per heavy atom. The van der Waals surface area contributed by atoms with E-state index in [2.05, 4.69) is 19.2 Å². The molecule has 25 heavy (non-hydrogen) atoms.